The predicted molar refractivity (Wildman–Crippen MR) is 80.7 cm³/mol. The Labute approximate surface area is 120 Å². The van der Waals surface area contributed by atoms with Gasteiger partial charge in [0.15, 0.2) is 0 Å². The Bertz CT molecular complexity index is 542. The molecule has 0 spiro atoms. The second-order valence-corrected chi connectivity index (χ2v) is 6.04. The highest BCUT2D eigenvalue weighted by atomic mass is 32.2. The van der Waals surface area contributed by atoms with E-state index in [9.17, 15) is 4.79 Å². The van der Waals surface area contributed by atoms with Crippen LogP contribution in [-0.2, 0) is 0 Å². The van der Waals surface area contributed by atoms with Gasteiger partial charge >= 0.3 is 0 Å². The van der Waals surface area contributed by atoms with Crippen molar-refractivity contribution in [1.82, 2.24) is 15.3 Å². The number of nitrogens with zero attached hydrogens (tertiary/aromatic N) is 2. The Kier molecular flexibility index (Phi) is 4.93. The maximum Gasteiger partial charge on any atom is 0.263 e. The predicted octanol–water partition coefficient (Wildman–Crippen LogP) is 2.69. The van der Waals surface area contributed by atoms with Crippen molar-refractivity contribution in [2.24, 2.45) is 0 Å². The fourth-order valence-electron chi connectivity index (χ4n) is 1.59. The van der Waals surface area contributed by atoms with Gasteiger partial charge in [0.05, 0.1) is 6.20 Å². The van der Waals surface area contributed by atoms with Gasteiger partial charge in [0.1, 0.15) is 9.88 Å². The van der Waals surface area contributed by atoms with Crippen molar-refractivity contribution < 1.29 is 4.79 Å². The molecule has 19 heavy (non-hydrogen) atoms. The molecule has 1 N–H and O–H groups in total. The van der Waals surface area contributed by atoms with Gasteiger partial charge in [0, 0.05) is 29.8 Å². The standard InChI is InChI=1S/C13H15N3OS2/c1-9(8-18-2)16-12(17)11-7-15-13(19-11)10-4-3-5-14-6-10/h3-7,9H,8H2,1-2H3,(H,16,17)/t9-/m0/s1. The smallest absolute Gasteiger partial charge is 0.263 e. The average molecular weight is 293 g/mol. The molecule has 0 aliphatic heterocycles. The minimum absolute atomic E-state index is 0.0609. The number of thioether (sulfide) groups is 1. The van der Waals surface area contributed by atoms with Crippen LogP contribution in [0.3, 0.4) is 0 Å². The highest BCUT2D eigenvalue weighted by Gasteiger charge is 2.13. The molecule has 1 amide bonds. The third-order valence-electron chi connectivity index (χ3n) is 2.43. The summed E-state index contributed by atoms with van der Waals surface area (Å²) in [5.41, 5.74) is 0.934. The number of pyridine rings is 1. The maximum absolute atomic E-state index is 12.0. The molecule has 2 aromatic rings. The van der Waals surface area contributed by atoms with E-state index in [-0.39, 0.29) is 11.9 Å². The lowest BCUT2D eigenvalue weighted by Crippen LogP contribution is -2.33. The minimum atomic E-state index is -0.0609. The molecule has 100 valence electrons. The van der Waals surface area contributed by atoms with Gasteiger partial charge < -0.3 is 5.32 Å². The van der Waals surface area contributed by atoms with Gasteiger partial charge in [0.2, 0.25) is 0 Å². The molecular formula is C13H15N3OS2. The fraction of sp³-hybridized carbons (Fsp3) is 0.308. The number of nitrogens with one attached hydrogen (secondary N) is 1. The highest BCUT2D eigenvalue weighted by Crippen LogP contribution is 2.24. The van der Waals surface area contributed by atoms with Crippen LogP contribution in [0.5, 0.6) is 0 Å². The number of rotatable bonds is 5. The van der Waals surface area contributed by atoms with E-state index >= 15 is 0 Å². The average Bonchev–Trinajstić information content (AvgIpc) is 2.89. The molecule has 6 heteroatoms. The van der Waals surface area contributed by atoms with Crippen LogP contribution in [0.15, 0.2) is 30.7 Å². The minimum Gasteiger partial charge on any atom is -0.348 e. The van der Waals surface area contributed by atoms with E-state index in [1.165, 1.54) is 11.3 Å². The second-order valence-electron chi connectivity index (χ2n) is 4.10. The molecule has 4 nitrogen and oxygen atoms in total. The summed E-state index contributed by atoms with van der Waals surface area (Å²) in [6.45, 7) is 2.00. The van der Waals surface area contributed by atoms with Gasteiger partial charge in [-0.2, -0.15) is 11.8 Å². The third kappa shape index (κ3) is 3.78. The number of carbonyl (C=O) groups excluding carboxylic acids is 1. The number of carbonyl (C=O) groups is 1. The summed E-state index contributed by atoms with van der Waals surface area (Å²) < 4.78 is 0. The van der Waals surface area contributed by atoms with Crippen molar-refractivity contribution in [2.75, 3.05) is 12.0 Å². The number of thiazole rings is 1. The zero-order chi connectivity index (χ0) is 13.7. The molecule has 0 aromatic carbocycles. The highest BCUT2D eigenvalue weighted by molar-refractivity contribution is 7.98. The maximum atomic E-state index is 12.0. The first-order valence-electron chi connectivity index (χ1n) is 5.86. The van der Waals surface area contributed by atoms with Gasteiger partial charge in [-0.25, -0.2) is 4.98 Å². The van der Waals surface area contributed by atoms with Gasteiger partial charge in [-0.1, -0.05) is 0 Å². The summed E-state index contributed by atoms with van der Waals surface area (Å²) >= 11 is 3.10. The van der Waals surface area contributed by atoms with E-state index in [0.717, 1.165) is 16.3 Å². The topological polar surface area (TPSA) is 54.9 Å². The summed E-state index contributed by atoms with van der Waals surface area (Å²) in [5, 5.41) is 3.77. The van der Waals surface area contributed by atoms with Gasteiger partial charge in [0.25, 0.3) is 5.91 Å². The monoisotopic (exact) mass is 293 g/mol. The quantitative estimate of drug-likeness (QED) is 0.921. The first-order valence-corrected chi connectivity index (χ1v) is 8.07. The van der Waals surface area contributed by atoms with Crippen molar-refractivity contribution in [1.29, 1.82) is 0 Å². The molecule has 0 unspecified atom stereocenters. The Morgan fingerprint density at radius 3 is 3.05 bits per heavy atom. The second kappa shape index (κ2) is 6.68. The largest absolute Gasteiger partial charge is 0.348 e. The van der Waals surface area contributed by atoms with Crippen molar-refractivity contribution >= 4 is 29.0 Å². The van der Waals surface area contributed by atoms with Crippen LogP contribution in [0.4, 0.5) is 0 Å². The Hall–Kier alpha value is -1.40. The molecule has 0 radical (unpaired) electrons. The van der Waals surface area contributed by atoms with Gasteiger partial charge in [-0.3, -0.25) is 9.78 Å². The molecule has 0 aliphatic carbocycles. The summed E-state index contributed by atoms with van der Waals surface area (Å²) in [6, 6.07) is 3.95. The number of amides is 1. The Morgan fingerprint density at radius 2 is 2.37 bits per heavy atom. The lowest BCUT2D eigenvalue weighted by Gasteiger charge is -2.10. The van der Waals surface area contributed by atoms with Crippen LogP contribution in [0, 0.1) is 0 Å². The van der Waals surface area contributed by atoms with Crippen LogP contribution in [0.2, 0.25) is 0 Å². The number of hydrogen-bond donors (Lipinski definition) is 1. The van der Waals surface area contributed by atoms with Crippen LogP contribution in [0.1, 0.15) is 16.6 Å². The summed E-state index contributed by atoms with van der Waals surface area (Å²) in [6.07, 6.45) is 7.11. The lowest BCUT2D eigenvalue weighted by molar-refractivity contribution is 0.0947. The van der Waals surface area contributed by atoms with E-state index in [1.54, 1.807) is 30.4 Å². The van der Waals surface area contributed by atoms with Crippen LogP contribution >= 0.6 is 23.1 Å². The zero-order valence-electron chi connectivity index (χ0n) is 10.8. The van der Waals surface area contributed by atoms with E-state index in [4.69, 9.17) is 0 Å². The van der Waals surface area contributed by atoms with E-state index in [1.807, 2.05) is 25.3 Å². The van der Waals surface area contributed by atoms with Crippen LogP contribution in [-0.4, -0.2) is 33.9 Å². The lowest BCUT2D eigenvalue weighted by atomic mass is 10.3. The Morgan fingerprint density at radius 1 is 1.53 bits per heavy atom. The number of hydrogen-bond acceptors (Lipinski definition) is 5. The van der Waals surface area contributed by atoms with Crippen molar-refractivity contribution in [3.8, 4) is 10.6 Å². The van der Waals surface area contributed by atoms with Crippen molar-refractivity contribution in [3.63, 3.8) is 0 Å². The molecule has 0 saturated heterocycles. The first kappa shape index (κ1) is 14.0. The molecular weight excluding hydrogens is 278 g/mol. The molecule has 2 heterocycles. The van der Waals surface area contributed by atoms with Crippen molar-refractivity contribution in [3.05, 3.63) is 35.6 Å². The normalized spacial score (nSPS) is 12.1. The molecule has 1 atom stereocenters. The van der Waals surface area contributed by atoms with E-state index < -0.39 is 0 Å². The molecule has 0 aliphatic rings. The van der Waals surface area contributed by atoms with E-state index in [0.29, 0.717) is 4.88 Å². The molecule has 0 saturated carbocycles. The molecule has 2 rings (SSSR count). The van der Waals surface area contributed by atoms with Crippen molar-refractivity contribution in [2.45, 2.75) is 13.0 Å². The van der Waals surface area contributed by atoms with Gasteiger partial charge in [-0.15, -0.1) is 11.3 Å². The zero-order valence-corrected chi connectivity index (χ0v) is 12.4. The number of aromatic nitrogens is 2. The Balaban J connectivity index is 2.07. The molecule has 2 aromatic heterocycles. The van der Waals surface area contributed by atoms with Crippen LogP contribution in [0.25, 0.3) is 10.6 Å². The summed E-state index contributed by atoms with van der Waals surface area (Å²) in [5.74, 6) is 0.842. The first-order chi connectivity index (χ1) is 9.20. The SMILES string of the molecule is CSC[C@H](C)NC(=O)c1cnc(-c2cccnc2)s1. The third-order valence-corrected chi connectivity index (χ3v) is 4.31. The van der Waals surface area contributed by atoms with Gasteiger partial charge in [-0.05, 0) is 25.3 Å². The summed E-state index contributed by atoms with van der Waals surface area (Å²) in [7, 11) is 0. The van der Waals surface area contributed by atoms with E-state index in [2.05, 4.69) is 15.3 Å². The molecule has 0 fully saturated rings. The summed E-state index contributed by atoms with van der Waals surface area (Å²) in [4.78, 5) is 21.0. The fourth-order valence-corrected chi connectivity index (χ4v) is 2.98. The van der Waals surface area contributed by atoms with Crippen LogP contribution < -0.4 is 5.32 Å². The molecule has 0 bridgehead atoms.